The summed E-state index contributed by atoms with van der Waals surface area (Å²) < 4.78 is 36.2. The zero-order valence-electron chi connectivity index (χ0n) is 10.7. The Bertz CT molecular complexity index is 347. The number of nitrogens with zero attached hydrogens (tertiary/aromatic N) is 1. The Morgan fingerprint density at radius 1 is 1.39 bits per heavy atom. The topological polar surface area (TPSA) is 84.9 Å². The number of ether oxygens (including phenoxy) is 2. The first-order chi connectivity index (χ1) is 8.33. The number of methoxy groups -OCH3 is 1. The van der Waals surface area contributed by atoms with Gasteiger partial charge in [-0.15, -0.1) is 0 Å². The summed E-state index contributed by atoms with van der Waals surface area (Å²) >= 11 is 3.15. The van der Waals surface area contributed by atoms with Crippen molar-refractivity contribution in [2.45, 2.75) is 20.0 Å². The van der Waals surface area contributed by atoms with E-state index < -0.39 is 16.3 Å². The number of nitrogens with one attached hydrogen (secondary N) is 1. The molecule has 0 rings (SSSR count). The van der Waals surface area contributed by atoms with Crippen LogP contribution in [-0.4, -0.2) is 57.1 Å². The van der Waals surface area contributed by atoms with Gasteiger partial charge in [-0.3, -0.25) is 0 Å². The minimum absolute atomic E-state index is 0.159. The van der Waals surface area contributed by atoms with Gasteiger partial charge >= 0.3 is 16.3 Å². The molecule has 0 aromatic heterocycles. The van der Waals surface area contributed by atoms with E-state index in [1.807, 2.05) is 4.72 Å². The molecule has 0 fully saturated rings. The van der Waals surface area contributed by atoms with Crippen molar-refractivity contribution in [2.24, 2.45) is 0 Å². The van der Waals surface area contributed by atoms with Crippen LogP contribution < -0.4 is 4.72 Å². The number of alkyl halides is 1. The van der Waals surface area contributed by atoms with E-state index in [0.29, 0.717) is 5.33 Å². The molecule has 0 bridgehead atoms. The molecule has 1 amide bonds. The molecule has 18 heavy (non-hydrogen) atoms. The number of carbonyl (C=O) groups excluding carboxylic acids is 1. The second-order valence-corrected chi connectivity index (χ2v) is 6.11. The van der Waals surface area contributed by atoms with Gasteiger partial charge < -0.3 is 9.47 Å². The molecule has 7 nitrogen and oxygen atoms in total. The molecule has 0 saturated heterocycles. The average Bonchev–Trinajstić information content (AvgIpc) is 2.21. The van der Waals surface area contributed by atoms with Gasteiger partial charge in [0.1, 0.15) is 0 Å². The Morgan fingerprint density at radius 3 is 2.44 bits per heavy atom. The van der Waals surface area contributed by atoms with Crippen molar-refractivity contribution >= 4 is 32.2 Å². The highest BCUT2D eigenvalue weighted by Gasteiger charge is 2.24. The maximum absolute atomic E-state index is 11.9. The molecule has 0 aliphatic heterocycles. The molecule has 0 aliphatic rings. The standard InChI is InChI=1S/C9H19BrN2O5S/c1-8(2)17-9(13)11-18(14,15)12(5-4-10)6-7-16-3/h8H,4-7H2,1-3H3,(H,11,13). The van der Waals surface area contributed by atoms with E-state index in [1.54, 1.807) is 13.8 Å². The molecule has 0 aliphatic carbocycles. The molecular weight excluding hydrogens is 328 g/mol. The summed E-state index contributed by atoms with van der Waals surface area (Å²) in [5.41, 5.74) is 0. The maximum Gasteiger partial charge on any atom is 0.422 e. The van der Waals surface area contributed by atoms with Crippen LogP contribution in [0.4, 0.5) is 4.79 Å². The Kier molecular flexibility index (Phi) is 8.49. The fourth-order valence-corrected chi connectivity index (χ4v) is 2.74. The lowest BCUT2D eigenvalue weighted by molar-refractivity contribution is 0.120. The normalized spacial score (nSPS) is 11.9. The van der Waals surface area contributed by atoms with Crippen LogP contribution >= 0.6 is 15.9 Å². The number of rotatable bonds is 8. The summed E-state index contributed by atoms with van der Waals surface area (Å²) in [6.07, 6.45) is -1.37. The summed E-state index contributed by atoms with van der Waals surface area (Å²) in [6.45, 7) is 3.90. The second kappa shape index (κ2) is 8.68. The molecule has 0 atom stereocenters. The van der Waals surface area contributed by atoms with Gasteiger partial charge in [0.25, 0.3) is 0 Å². The van der Waals surface area contributed by atoms with Gasteiger partial charge in [-0.2, -0.15) is 12.7 Å². The van der Waals surface area contributed by atoms with E-state index in [9.17, 15) is 13.2 Å². The van der Waals surface area contributed by atoms with Gasteiger partial charge in [0.2, 0.25) is 0 Å². The smallest absolute Gasteiger partial charge is 0.422 e. The van der Waals surface area contributed by atoms with E-state index in [2.05, 4.69) is 15.9 Å². The highest BCUT2D eigenvalue weighted by molar-refractivity contribution is 9.09. The largest absolute Gasteiger partial charge is 0.446 e. The van der Waals surface area contributed by atoms with Gasteiger partial charge in [-0.25, -0.2) is 9.52 Å². The lowest BCUT2D eigenvalue weighted by atomic mass is 10.5. The number of halogens is 1. The second-order valence-electron chi connectivity index (χ2n) is 3.64. The van der Waals surface area contributed by atoms with Crippen molar-refractivity contribution < 1.29 is 22.7 Å². The Morgan fingerprint density at radius 2 is 2.00 bits per heavy atom. The predicted molar refractivity (Wildman–Crippen MR) is 70.9 cm³/mol. The number of hydrogen-bond acceptors (Lipinski definition) is 5. The summed E-state index contributed by atoms with van der Waals surface area (Å²) in [5.74, 6) is 0. The van der Waals surface area contributed by atoms with Crippen molar-refractivity contribution in [3.8, 4) is 0 Å². The molecule has 0 radical (unpaired) electrons. The monoisotopic (exact) mass is 346 g/mol. The van der Waals surface area contributed by atoms with Crippen LogP contribution in [0.15, 0.2) is 0 Å². The minimum atomic E-state index is -3.90. The van der Waals surface area contributed by atoms with E-state index >= 15 is 0 Å². The first-order valence-electron chi connectivity index (χ1n) is 5.37. The predicted octanol–water partition coefficient (Wildman–Crippen LogP) is 0.709. The molecule has 108 valence electrons. The Hall–Kier alpha value is -0.380. The SMILES string of the molecule is COCCN(CCBr)S(=O)(=O)NC(=O)OC(C)C. The minimum Gasteiger partial charge on any atom is -0.446 e. The average molecular weight is 347 g/mol. The van der Waals surface area contributed by atoms with Gasteiger partial charge in [0.15, 0.2) is 0 Å². The lowest BCUT2D eigenvalue weighted by Gasteiger charge is -2.21. The van der Waals surface area contributed by atoms with Crippen LogP contribution in [0.5, 0.6) is 0 Å². The summed E-state index contributed by atoms with van der Waals surface area (Å²) in [4.78, 5) is 11.3. The number of carbonyl (C=O) groups is 1. The molecule has 0 aromatic carbocycles. The molecular formula is C9H19BrN2O5S. The van der Waals surface area contributed by atoms with Crippen LogP contribution in [0.2, 0.25) is 0 Å². The molecule has 0 heterocycles. The summed E-state index contributed by atoms with van der Waals surface area (Å²) in [7, 11) is -2.43. The molecule has 0 aromatic rings. The Labute approximate surface area is 116 Å². The third-order valence-electron chi connectivity index (χ3n) is 1.77. The molecule has 0 saturated carbocycles. The Balaban J connectivity index is 4.58. The van der Waals surface area contributed by atoms with E-state index in [4.69, 9.17) is 9.47 Å². The van der Waals surface area contributed by atoms with Gasteiger partial charge in [0.05, 0.1) is 12.7 Å². The van der Waals surface area contributed by atoms with Crippen molar-refractivity contribution in [2.75, 3.05) is 32.1 Å². The maximum atomic E-state index is 11.9. The quantitative estimate of drug-likeness (QED) is 0.654. The molecule has 9 heteroatoms. The van der Waals surface area contributed by atoms with Crippen LogP contribution in [0.1, 0.15) is 13.8 Å². The van der Waals surface area contributed by atoms with E-state index in [0.717, 1.165) is 4.31 Å². The zero-order chi connectivity index (χ0) is 14.2. The first kappa shape index (κ1) is 17.6. The summed E-state index contributed by atoms with van der Waals surface area (Å²) in [6, 6.07) is 0. The fourth-order valence-electron chi connectivity index (χ4n) is 1.05. The first-order valence-corrected chi connectivity index (χ1v) is 7.93. The third kappa shape index (κ3) is 7.14. The van der Waals surface area contributed by atoms with Crippen molar-refractivity contribution in [3.05, 3.63) is 0 Å². The van der Waals surface area contributed by atoms with Gasteiger partial charge in [-0.05, 0) is 13.8 Å². The lowest BCUT2D eigenvalue weighted by Crippen LogP contribution is -2.46. The highest BCUT2D eigenvalue weighted by atomic mass is 79.9. The van der Waals surface area contributed by atoms with Crippen LogP contribution in [0.3, 0.4) is 0 Å². The molecule has 0 spiro atoms. The van der Waals surface area contributed by atoms with Gasteiger partial charge in [-0.1, -0.05) is 15.9 Å². The van der Waals surface area contributed by atoms with Gasteiger partial charge in [0, 0.05) is 25.5 Å². The van der Waals surface area contributed by atoms with Crippen molar-refractivity contribution in [3.63, 3.8) is 0 Å². The van der Waals surface area contributed by atoms with Crippen LogP contribution in [-0.2, 0) is 19.7 Å². The fraction of sp³-hybridized carbons (Fsp3) is 0.889. The van der Waals surface area contributed by atoms with Crippen LogP contribution in [0, 0.1) is 0 Å². The van der Waals surface area contributed by atoms with E-state index in [-0.39, 0.29) is 25.8 Å². The van der Waals surface area contributed by atoms with E-state index in [1.165, 1.54) is 7.11 Å². The van der Waals surface area contributed by atoms with Crippen LogP contribution in [0.25, 0.3) is 0 Å². The van der Waals surface area contributed by atoms with Crippen molar-refractivity contribution in [1.29, 1.82) is 0 Å². The zero-order valence-corrected chi connectivity index (χ0v) is 13.1. The summed E-state index contributed by atoms with van der Waals surface area (Å²) in [5, 5.41) is 0.455. The van der Waals surface area contributed by atoms with Crippen molar-refractivity contribution in [1.82, 2.24) is 9.03 Å². The molecule has 1 N–H and O–H groups in total. The number of hydrogen-bond donors (Lipinski definition) is 1. The highest BCUT2D eigenvalue weighted by Crippen LogP contribution is 2.01. The molecule has 0 unspecified atom stereocenters. The number of amides is 1. The third-order valence-corrected chi connectivity index (χ3v) is 3.60.